The molecule has 0 aliphatic carbocycles. The zero-order chi connectivity index (χ0) is 21.7. The molecule has 160 valence electrons. The fraction of sp³-hybridized carbons (Fsp3) is 0.364. The van der Waals surface area contributed by atoms with E-state index in [0.29, 0.717) is 26.2 Å². The van der Waals surface area contributed by atoms with E-state index in [4.69, 9.17) is 0 Å². The number of rotatable bonds is 5. The number of aryl methyl sites for hydroxylation is 1. The molecule has 0 atom stereocenters. The van der Waals surface area contributed by atoms with E-state index in [1.807, 2.05) is 36.1 Å². The van der Waals surface area contributed by atoms with Crippen LogP contribution in [0.4, 0.5) is 18.9 Å². The number of benzene rings is 2. The van der Waals surface area contributed by atoms with Crippen molar-refractivity contribution < 1.29 is 22.8 Å². The normalized spacial score (nSPS) is 15.1. The van der Waals surface area contributed by atoms with Crippen molar-refractivity contribution in [3.05, 3.63) is 65.2 Å². The fourth-order valence-corrected chi connectivity index (χ4v) is 3.44. The first-order chi connectivity index (χ1) is 14.3. The van der Waals surface area contributed by atoms with E-state index in [0.717, 1.165) is 29.8 Å². The number of carbonyl (C=O) groups excluding carboxylic acids is 2. The van der Waals surface area contributed by atoms with Crippen molar-refractivity contribution in [2.75, 3.05) is 38.0 Å². The lowest BCUT2D eigenvalue weighted by Gasteiger charge is -2.34. The highest BCUT2D eigenvalue weighted by Gasteiger charge is 2.30. The number of nitrogens with one attached hydrogen (secondary N) is 1. The summed E-state index contributed by atoms with van der Waals surface area (Å²) in [6.07, 6.45) is -3.60. The molecule has 1 fully saturated rings. The summed E-state index contributed by atoms with van der Waals surface area (Å²) in [5, 5.41) is 2.93. The van der Waals surface area contributed by atoms with Crippen molar-refractivity contribution in [1.82, 2.24) is 9.80 Å². The van der Waals surface area contributed by atoms with Gasteiger partial charge in [-0.25, -0.2) is 0 Å². The van der Waals surface area contributed by atoms with Gasteiger partial charge < -0.3 is 10.2 Å². The summed E-state index contributed by atoms with van der Waals surface area (Å²) in [6, 6.07) is 11.9. The first-order valence-electron chi connectivity index (χ1n) is 9.84. The lowest BCUT2D eigenvalue weighted by Crippen LogP contribution is -2.50. The molecule has 1 heterocycles. The summed E-state index contributed by atoms with van der Waals surface area (Å²) in [4.78, 5) is 28.5. The lowest BCUT2D eigenvalue weighted by molar-refractivity contribution is -0.137. The molecule has 5 nitrogen and oxygen atoms in total. The molecule has 0 radical (unpaired) electrons. The number of para-hydroxylation sites is 1. The van der Waals surface area contributed by atoms with Crippen LogP contribution in [0.2, 0.25) is 0 Å². The maximum Gasteiger partial charge on any atom is 0.416 e. The highest BCUT2D eigenvalue weighted by atomic mass is 19.4. The maximum atomic E-state index is 12.7. The van der Waals surface area contributed by atoms with Crippen LogP contribution in [0.3, 0.4) is 0 Å². The molecule has 1 N–H and O–H groups in total. The van der Waals surface area contributed by atoms with E-state index in [1.54, 1.807) is 4.90 Å². The molecule has 0 spiro atoms. The molecule has 0 bridgehead atoms. The van der Waals surface area contributed by atoms with Gasteiger partial charge in [0.2, 0.25) is 5.91 Å². The molecule has 2 amide bonds. The molecule has 3 rings (SSSR count). The Morgan fingerprint density at radius 2 is 1.60 bits per heavy atom. The van der Waals surface area contributed by atoms with Gasteiger partial charge in [-0.1, -0.05) is 25.1 Å². The molecule has 30 heavy (non-hydrogen) atoms. The van der Waals surface area contributed by atoms with Gasteiger partial charge in [0.15, 0.2) is 0 Å². The largest absolute Gasteiger partial charge is 0.416 e. The number of hydrogen-bond acceptors (Lipinski definition) is 3. The van der Waals surface area contributed by atoms with E-state index in [9.17, 15) is 22.8 Å². The van der Waals surface area contributed by atoms with Crippen molar-refractivity contribution in [2.45, 2.75) is 19.5 Å². The number of piperazine rings is 1. The van der Waals surface area contributed by atoms with Crippen molar-refractivity contribution in [2.24, 2.45) is 0 Å². The molecule has 2 aromatic rings. The molecule has 1 saturated heterocycles. The van der Waals surface area contributed by atoms with Gasteiger partial charge >= 0.3 is 6.18 Å². The molecule has 1 aliphatic heterocycles. The van der Waals surface area contributed by atoms with E-state index in [2.05, 4.69) is 5.32 Å². The van der Waals surface area contributed by atoms with Crippen LogP contribution in [-0.2, 0) is 17.4 Å². The smallest absolute Gasteiger partial charge is 0.336 e. The first-order valence-corrected chi connectivity index (χ1v) is 9.84. The summed E-state index contributed by atoms with van der Waals surface area (Å²) in [5.41, 5.74) is 1.32. The average Bonchev–Trinajstić information content (AvgIpc) is 2.73. The summed E-state index contributed by atoms with van der Waals surface area (Å²) in [6.45, 7) is 4.13. The van der Waals surface area contributed by atoms with Crippen molar-refractivity contribution in [3.8, 4) is 0 Å². The van der Waals surface area contributed by atoms with Gasteiger partial charge in [-0.15, -0.1) is 0 Å². The molecule has 2 aromatic carbocycles. The van der Waals surface area contributed by atoms with Gasteiger partial charge in [0.1, 0.15) is 0 Å². The number of alkyl halides is 3. The fourth-order valence-electron chi connectivity index (χ4n) is 3.44. The van der Waals surface area contributed by atoms with Gasteiger partial charge in [-0.3, -0.25) is 14.5 Å². The van der Waals surface area contributed by atoms with Gasteiger partial charge in [-0.05, 0) is 42.3 Å². The Labute approximate surface area is 173 Å². The average molecular weight is 419 g/mol. The van der Waals surface area contributed by atoms with Crippen LogP contribution in [0, 0.1) is 0 Å². The zero-order valence-corrected chi connectivity index (χ0v) is 16.7. The van der Waals surface area contributed by atoms with Gasteiger partial charge in [0.25, 0.3) is 5.91 Å². The topological polar surface area (TPSA) is 52.7 Å². The summed E-state index contributed by atoms with van der Waals surface area (Å²) < 4.78 is 38.0. The SMILES string of the molecule is CCc1ccccc1NC(=O)CN1CCN(C(=O)c2ccc(C(F)(F)F)cc2)CC1. The number of halogens is 3. The van der Waals surface area contributed by atoms with E-state index >= 15 is 0 Å². The van der Waals surface area contributed by atoms with Gasteiger partial charge in [0, 0.05) is 37.4 Å². The third kappa shape index (κ3) is 5.38. The Morgan fingerprint density at radius 1 is 0.967 bits per heavy atom. The number of hydrogen-bond donors (Lipinski definition) is 1. The van der Waals surface area contributed by atoms with Crippen LogP contribution in [0.15, 0.2) is 48.5 Å². The Kier molecular flexibility index (Phi) is 6.77. The third-order valence-electron chi connectivity index (χ3n) is 5.16. The summed E-state index contributed by atoms with van der Waals surface area (Å²) in [7, 11) is 0. The van der Waals surface area contributed by atoms with E-state index in [1.165, 1.54) is 12.1 Å². The Morgan fingerprint density at radius 3 is 2.20 bits per heavy atom. The predicted molar refractivity (Wildman–Crippen MR) is 108 cm³/mol. The first kappa shape index (κ1) is 21.8. The van der Waals surface area contributed by atoms with Gasteiger partial charge in [-0.2, -0.15) is 13.2 Å². The highest BCUT2D eigenvalue weighted by molar-refractivity contribution is 5.94. The third-order valence-corrected chi connectivity index (χ3v) is 5.16. The minimum atomic E-state index is -4.43. The highest BCUT2D eigenvalue weighted by Crippen LogP contribution is 2.29. The van der Waals surface area contributed by atoms with Gasteiger partial charge in [0.05, 0.1) is 12.1 Å². The van der Waals surface area contributed by atoms with Crippen LogP contribution in [0.5, 0.6) is 0 Å². The Bertz CT molecular complexity index is 889. The van der Waals surface area contributed by atoms with Crippen LogP contribution in [0.25, 0.3) is 0 Å². The molecule has 0 saturated carbocycles. The quantitative estimate of drug-likeness (QED) is 0.805. The van der Waals surface area contributed by atoms with Crippen molar-refractivity contribution in [3.63, 3.8) is 0 Å². The molecular formula is C22H24F3N3O2. The summed E-state index contributed by atoms with van der Waals surface area (Å²) >= 11 is 0. The van der Waals surface area contributed by atoms with Crippen LogP contribution >= 0.6 is 0 Å². The number of carbonyl (C=O) groups is 2. The second-order valence-electron chi connectivity index (χ2n) is 7.20. The van der Waals surface area contributed by atoms with Crippen molar-refractivity contribution >= 4 is 17.5 Å². The molecule has 0 unspecified atom stereocenters. The summed E-state index contributed by atoms with van der Waals surface area (Å²) in [5.74, 6) is -0.414. The number of amides is 2. The number of anilines is 1. The minimum Gasteiger partial charge on any atom is -0.336 e. The van der Waals surface area contributed by atoms with E-state index in [-0.39, 0.29) is 23.9 Å². The maximum absolute atomic E-state index is 12.7. The molecule has 8 heteroatoms. The second-order valence-corrected chi connectivity index (χ2v) is 7.20. The van der Waals surface area contributed by atoms with Crippen molar-refractivity contribution in [1.29, 1.82) is 0 Å². The predicted octanol–water partition coefficient (Wildman–Crippen LogP) is 3.66. The second kappa shape index (κ2) is 9.30. The Balaban J connectivity index is 1.50. The molecule has 0 aromatic heterocycles. The van der Waals surface area contributed by atoms with E-state index < -0.39 is 11.7 Å². The lowest BCUT2D eigenvalue weighted by atomic mass is 10.1. The monoisotopic (exact) mass is 419 g/mol. The standard InChI is InChI=1S/C22H24F3N3O2/c1-2-16-5-3-4-6-19(16)26-20(29)15-27-11-13-28(14-12-27)21(30)17-7-9-18(10-8-17)22(23,24)25/h3-10H,2,11-15H2,1H3,(H,26,29). The molecular weight excluding hydrogens is 395 g/mol. The number of nitrogens with zero attached hydrogens (tertiary/aromatic N) is 2. The molecule has 1 aliphatic rings. The van der Waals surface area contributed by atoms with Crippen LogP contribution < -0.4 is 5.32 Å². The van der Waals surface area contributed by atoms with Crippen LogP contribution in [-0.4, -0.2) is 54.3 Å². The van der Waals surface area contributed by atoms with Crippen LogP contribution in [0.1, 0.15) is 28.4 Å². The minimum absolute atomic E-state index is 0.113. The zero-order valence-electron chi connectivity index (χ0n) is 16.7. The Hall–Kier alpha value is -2.87.